The number of nitrogens with zero attached hydrogens (tertiary/aromatic N) is 2. The van der Waals surface area contributed by atoms with Gasteiger partial charge in [-0.05, 0) is 30.3 Å². The first kappa shape index (κ1) is 17.8. The highest BCUT2D eigenvalue weighted by atomic mass is 32.2. The molecule has 0 radical (unpaired) electrons. The second-order valence-corrected chi connectivity index (χ2v) is 7.11. The SMILES string of the molecule is O=C(CNS(=O)(=O)c1cnn(-c2ccccc2)c1)Nc1cccc(F)c1. The summed E-state index contributed by atoms with van der Waals surface area (Å²) in [6, 6.07) is 14.3. The van der Waals surface area contributed by atoms with Gasteiger partial charge in [-0.15, -0.1) is 0 Å². The smallest absolute Gasteiger partial charge is 0.244 e. The molecule has 26 heavy (non-hydrogen) atoms. The van der Waals surface area contributed by atoms with Gasteiger partial charge in [0.15, 0.2) is 0 Å². The number of rotatable bonds is 6. The van der Waals surface area contributed by atoms with Crippen LogP contribution in [0.3, 0.4) is 0 Å². The molecule has 1 aromatic heterocycles. The number of carbonyl (C=O) groups is 1. The molecule has 0 saturated heterocycles. The van der Waals surface area contributed by atoms with Crippen LogP contribution in [0.1, 0.15) is 0 Å². The van der Waals surface area contributed by atoms with Crippen molar-refractivity contribution < 1.29 is 17.6 Å². The summed E-state index contributed by atoms with van der Waals surface area (Å²) >= 11 is 0. The number of amides is 1. The zero-order valence-corrected chi connectivity index (χ0v) is 14.3. The lowest BCUT2D eigenvalue weighted by atomic mass is 10.3. The summed E-state index contributed by atoms with van der Waals surface area (Å²) in [6.07, 6.45) is 2.54. The third-order valence-corrected chi connectivity index (χ3v) is 4.78. The molecular weight excluding hydrogens is 359 g/mol. The molecule has 0 aliphatic heterocycles. The molecule has 2 N–H and O–H groups in total. The largest absolute Gasteiger partial charge is 0.325 e. The van der Waals surface area contributed by atoms with Gasteiger partial charge in [0, 0.05) is 5.69 Å². The van der Waals surface area contributed by atoms with Crippen molar-refractivity contribution in [3.8, 4) is 5.69 Å². The molecule has 0 bridgehead atoms. The molecule has 134 valence electrons. The van der Waals surface area contributed by atoms with Crippen LogP contribution in [0.2, 0.25) is 0 Å². The highest BCUT2D eigenvalue weighted by molar-refractivity contribution is 7.89. The minimum Gasteiger partial charge on any atom is -0.325 e. The number of anilines is 1. The van der Waals surface area contributed by atoms with Crippen LogP contribution in [0.5, 0.6) is 0 Å². The van der Waals surface area contributed by atoms with Gasteiger partial charge in [0.05, 0.1) is 24.6 Å². The van der Waals surface area contributed by atoms with Gasteiger partial charge in [-0.25, -0.2) is 22.2 Å². The third-order valence-electron chi connectivity index (χ3n) is 3.42. The van der Waals surface area contributed by atoms with Crippen molar-refractivity contribution in [2.75, 3.05) is 11.9 Å². The van der Waals surface area contributed by atoms with E-state index in [0.717, 1.165) is 6.07 Å². The van der Waals surface area contributed by atoms with E-state index in [-0.39, 0.29) is 10.6 Å². The fourth-order valence-corrected chi connectivity index (χ4v) is 3.09. The van der Waals surface area contributed by atoms with E-state index >= 15 is 0 Å². The van der Waals surface area contributed by atoms with Gasteiger partial charge in [-0.2, -0.15) is 5.10 Å². The van der Waals surface area contributed by atoms with E-state index < -0.39 is 28.3 Å². The fraction of sp³-hybridized carbons (Fsp3) is 0.0588. The van der Waals surface area contributed by atoms with E-state index in [1.165, 1.54) is 35.3 Å². The van der Waals surface area contributed by atoms with Crippen LogP contribution in [0.4, 0.5) is 10.1 Å². The Morgan fingerprint density at radius 1 is 1.12 bits per heavy atom. The van der Waals surface area contributed by atoms with Crippen molar-refractivity contribution in [2.24, 2.45) is 0 Å². The molecule has 2 aromatic carbocycles. The summed E-state index contributed by atoms with van der Waals surface area (Å²) in [5.74, 6) is -1.12. The van der Waals surface area contributed by atoms with Gasteiger partial charge in [-0.3, -0.25) is 4.79 Å². The Bertz CT molecular complexity index is 1020. The first-order valence-corrected chi connectivity index (χ1v) is 9.07. The Labute approximate surface area is 149 Å². The molecule has 3 rings (SSSR count). The minimum absolute atomic E-state index is 0.0695. The van der Waals surface area contributed by atoms with E-state index in [0.29, 0.717) is 5.69 Å². The van der Waals surface area contributed by atoms with Crippen LogP contribution in [0, 0.1) is 5.82 Å². The molecule has 0 unspecified atom stereocenters. The van der Waals surface area contributed by atoms with Crippen LogP contribution in [-0.4, -0.2) is 30.7 Å². The van der Waals surface area contributed by atoms with Gasteiger partial charge in [0.1, 0.15) is 10.7 Å². The summed E-state index contributed by atoms with van der Waals surface area (Å²) in [7, 11) is -3.91. The average Bonchev–Trinajstić information content (AvgIpc) is 3.12. The number of benzene rings is 2. The molecular formula is C17H15FN4O3S. The Balaban J connectivity index is 1.64. The molecule has 0 spiro atoms. The van der Waals surface area contributed by atoms with Crippen molar-refractivity contribution in [2.45, 2.75) is 4.90 Å². The molecule has 9 heteroatoms. The van der Waals surface area contributed by atoms with E-state index in [2.05, 4.69) is 15.1 Å². The summed E-state index contributed by atoms with van der Waals surface area (Å²) in [5, 5.41) is 6.42. The van der Waals surface area contributed by atoms with Gasteiger partial charge < -0.3 is 5.32 Å². The van der Waals surface area contributed by atoms with E-state index in [1.54, 1.807) is 24.3 Å². The number of halogens is 1. The van der Waals surface area contributed by atoms with Gasteiger partial charge in [0.25, 0.3) is 0 Å². The van der Waals surface area contributed by atoms with E-state index in [1.807, 2.05) is 6.07 Å². The van der Waals surface area contributed by atoms with Crippen LogP contribution < -0.4 is 10.0 Å². The van der Waals surface area contributed by atoms with E-state index in [9.17, 15) is 17.6 Å². The van der Waals surface area contributed by atoms with Gasteiger partial charge >= 0.3 is 0 Å². The average molecular weight is 374 g/mol. The Morgan fingerprint density at radius 2 is 1.88 bits per heavy atom. The predicted octanol–water partition coefficient (Wildman–Crippen LogP) is 1.93. The number of hydrogen-bond donors (Lipinski definition) is 2. The lowest BCUT2D eigenvalue weighted by Crippen LogP contribution is -2.32. The lowest BCUT2D eigenvalue weighted by molar-refractivity contribution is -0.115. The first-order chi connectivity index (χ1) is 12.4. The normalized spacial score (nSPS) is 11.3. The molecule has 1 heterocycles. The Hall–Kier alpha value is -3.04. The predicted molar refractivity (Wildman–Crippen MR) is 93.8 cm³/mol. The van der Waals surface area contributed by atoms with Crippen LogP contribution in [-0.2, 0) is 14.8 Å². The fourth-order valence-electron chi connectivity index (χ4n) is 2.18. The number of hydrogen-bond acceptors (Lipinski definition) is 4. The minimum atomic E-state index is -3.91. The second-order valence-electron chi connectivity index (χ2n) is 5.34. The first-order valence-electron chi connectivity index (χ1n) is 7.59. The van der Waals surface area contributed by atoms with Crippen molar-refractivity contribution in [1.29, 1.82) is 0 Å². The zero-order chi connectivity index (χ0) is 18.6. The van der Waals surface area contributed by atoms with Crippen molar-refractivity contribution >= 4 is 21.6 Å². The molecule has 0 saturated carbocycles. The standard InChI is InChI=1S/C17H15FN4O3S/c18-13-5-4-6-14(9-13)21-17(23)11-20-26(24,25)16-10-19-22(12-16)15-7-2-1-3-8-15/h1-10,12,20H,11H2,(H,21,23). The molecule has 1 amide bonds. The number of aromatic nitrogens is 2. The third kappa shape index (κ3) is 4.32. The summed E-state index contributed by atoms with van der Waals surface area (Å²) < 4.78 is 41.3. The summed E-state index contributed by atoms with van der Waals surface area (Å²) in [4.78, 5) is 11.8. The van der Waals surface area contributed by atoms with Crippen molar-refractivity contribution in [3.05, 3.63) is 72.8 Å². The highest BCUT2D eigenvalue weighted by Crippen LogP contribution is 2.12. The van der Waals surface area contributed by atoms with Crippen LogP contribution in [0.25, 0.3) is 5.69 Å². The topological polar surface area (TPSA) is 93.1 Å². The number of carbonyl (C=O) groups excluding carboxylic acids is 1. The molecule has 0 atom stereocenters. The second kappa shape index (κ2) is 7.46. The van der Waals surface area contributed by atoms with Crippen LogP contribution in [0.15, 0.2) is 71.9 Å². The molecule has 0 aliphatic carbocycles. The molecule has 0 fully saturated rings. The van der Waals surface area contributed by atoms with Gasteiger partial charge in [0.2, 0.25) is 15.9 Å². The Morgan fingerprint density at radius 3 is 2.62 bits per heavy atom. The van der Waals surface area contributed by atoms with E-state index in [4.69, 9.17) is 0 Å². The molecule has 7 nitrogen and oxygen atoms in total. The Kier molecular flexibility index (Phi) is 5.10. The number of nitrogens with one attached hydrogen (secondary N) is 2. The highest BCUT2D eigenvalue weighted by Gasteiger charge is 2.18. The maximum Gasteiger partial charge on any atom is 0.244 e. The quantitative estimate of drug-likeness (QED) is 0.689. The van der Waals surface area contributed by atoms with Crippen LogP contribution >= 0.6 is 0 Å². The maximum absolute atomic E-state index is 13.1. The summed E-state index contributed by atoms with van der Waals surface area (Å²) in [6.45, 7) is -0.491. The molecule has 3 aromatic rings. The summed E-state index contributed by atoms with van der Waals surface area (Å²) in [5.41, 5.74) is 0.948. The lowest BCUT2D eigenvalue weighted by Gasteiger charge is -2.06. The van der Waals surface area contributed by atoms with Gasteiger partial charge in [-0.1, -0.05) is 24.3 Å². The molecule has 0 aliphatic rings. The van der Waals surface area contributed by atoms with Crippen molar-refractivity contribution in [3.63, 3.8) is 0 Å². The maximum atomic E-state index is 13.1. The zero-order valence-electron chi connectivity index (χ0n) is 13.5. The monoisotopic (exact) mass is 374 g/mol. The number of para-hydroxylation sites is 1. The van der Waals surface area contributed by atoms with Crippen molar-refractivity contribution in [1.82, 2.24) is 14.5 Å². The number of sulfonamides is 1.